The zero-order chi connectivity index (χ0) is 27.8. The number of esters is 1. The minimum Gasteiger partial charge on any atom is -0.468 e. The second-order valence-electron chi connectivity index (χ2n) is 11.0. The summed E-state index contributed by atoms with van der Waals surface area (Å²) in [5.74, 6) is -1.81. The topological polar surface area (TPSA) is 114 Å². The van der Waals surface area contributed by atoms with Crippen LogP contribution in [0.5, 0.6) is 0 Å². The van der Waals surface area contributed by atoms with Gasteiger partial charge in [0.15, 0.2) is 0 Å². The maximum absolute atomic E-state index is 14.2. The lowest BCUT2D eigenvalue weighted by atomic mass is 9.91. The molecule has 3 amide bonds. The van der Waals surface area contributed by atoms with E-state index in [0.29, 0.717) is 12.0 Å². The zero-order valence-corrected chi connectivity index (χ0v) is 23.4. The van der Waals surface area contributed by atoms with Crippen molar-refractivity contribution >= 4 is 23.9 Å². The van der Waals surface area contributed by atoms with E-state index in [-0.39, 0.29) is 12.5 Å². The number of carbonyl (C=O) groups is 4. The van der Waals surface area contributed by atoms with Gasteiger partial charge in [-0.05, 0) is 59.9 Å². The minimum atomic E-state index is -1.06. The molecule has 202 valence electrons. The summed E-state index contributed by atoms with van der Waals surface area (Å²) in [5, 5.41) is 5.33. The highest BCUT2D eigenvalue weighted by atomic mass is 16.6. The van der Waals surface area contributed by atoms with Gasteiger partial charge in [0.1, 0.15) is 24.2 Å². The van der Waals surface area contributed by atoms with Crippen molar-refractivity contribution in [2.24, 2.45) is 5.92 Å². The molecule has 0 radical (unpaired) electrons. The molecule has 2 N–H and O–H groups in total. The van der Waals surface area contributed by atoms with Crippen molar-refractivity contribution in [2.75, 3.05) is 13.7 Å². The Morgan fingerprint density at radius 3 is 2.14 bits per heavy atom. The fraction of sp³-hybridized carbons (Fsp3) is 0.630. The third-order valence-electron chi connectivity index (χ3n) is 5.61. The summed E-state index contributed by atoms with van der Waals surface area (Å²) >= 11 is 0. The Labute approximate surface area is 215 Å². The summed E-state index contributed by atoms with van der Waals surface area (Å²) < 4.78 is 10.1. The summed E-state index contributed by atoms with van der Waals surface area (Å²) in [7, 11) is 1.23. The minimum absolute atomic E-state index is 0.244. The number of carbonyl (C=O) groups excluding carboxylic acids is 4. The van der Waals surface area contributed by atoms with Gasteiger partial charge in [0, 0.05) is 5.54 Å². The molecule has 1 aromatic carbocycles. The molecule has 0 aliphatic heterocycles. The number of alkyl carbamates (subject to hydrolysis) is 1. The van der Waals surface area contributed by atoms with Gasteiger partial charge in [0.05, 0.1) is 7.11 Å². The Hall–Kier alpha value is -3.10. The lowest BCUT2D eigenvalue weighted by Gasteiger charge is -2.43. The van der Waals surface area contributed by atoms with Crippen LogP contribution in [0.3, 0.4) is 0 Å². The number of benzene rings is 1. The third-order valence-corrected chi connectivity index (χ3v) is 5.61. The van der Waals surface area contributed by atoms with Crippen LogP contribution in [-0.2, 0) is 23.9 Å². The van der Waals surface area contributed by atoms with E-state index < -0.39 is 47.1 Å². The van der Waals surface area contributed by atoms with Crippen LogP contribution < -0.4 is 10.6 Å². The summed E-state index contributed by atoms with van der Waals surface area (Å²) in [6.45, 7) is 16.0. The Kier molecular flexibility index (Phi) is 10.9. The van der Waals surface area contributed by atoms with E-state index in [1.165, 1.54) is 12.0 Å². The van der Waals surface area contributed by atoms with Gasteiger partial charge in [-0.3, -0.25) is 14.4 Å². The number of hydrogen-bond donors (Lipinski definition) is 2. The van der Waals surface area contributed by atoms with Gasteiger partial charge in [-0.15, -0.1) is 0 Å². The summed E-state index contributed by atoms with van der Waals surface area (Å²) in [4.78, 5) is 53.5. The first-order valence-electron chi connectivity index (χ1n) is 12.3. The van der Waals surface area contributed by atoms with E-state index in [1.54, 1.807) is 26.8 Å². The maximum atomic E-state index is 14.2. The first-order chi connectivity index (χ1) is 16.5. The van der Waals surface area contributed by atoms with Crippen molar-refractivity contribution in [1.29, 1.82) is 0 Å². The van der Waals surface area contributed by atoms with Gasteiger partial charge in [-0.1, -0.05) is 50.1 Å². The summed E-state index contributed by atoms with van der Waals surface area (Å²) in [6, 6.07) is 5.29. The molecule has 0 aromatic heterocycles. The van der Waals surface area contributed by atoms with Gasteiger partial charge in [0.25, 0.3) is 0 Å². The predicted molar refractivity (Wildman–Crippen MR) is 138 cm³/mol. The molecular formula is C27H43N3O6. The fourth-order valence-corrected chi connectivity index (χ4v) is 3.70. The van der Waals surface area contributed by atoms with Crippen molar-refractivity contribution in [3.8, 4) is 0 Å². The smallest absolute Gasteiger partial charge is 0.408 e. The van der Waals surface area contributed by atoms with Gasteiger partial charge in [-0.2, -0.15) is 0 Å². The molecule has 0 saturated heterocycles. The molecule has 0 saturated carbocycles. The number of amides is 3. The fourth-order valence-electron chi connectivity index (χ4n) is 3.70. The van der Waals surface area contributed by atoms with Crippen LogP contribution in [0.15, 0.2) is 24.3 Å². The maximum Gasteiger partial charge on any atom is 0.408 e. The molecule has 0 aliphatic rings. The van der Waals surface area contributed by atoms with E-state index >= 15 is 0 Å². The quantitative estimate of drug-likeness (QED) is 0.492. The molecule has 36 heavy (non-hydrogen) atoms. The average molecular weight is 506 g/mol. The molecule has 1 aromatic rings. The molecule has 3 unspecified atom stereocenters. The molecule has 0 aliphatic carbocycles. The summed E-state index contributed by atoms with van der Waals surface area (Å²) in [5.41, 5.74) is -0.0739. The van der Waals surface area contributed by atoms with Crippen LogP contribution in [0.25, 0.3) is 0 Å². The monoisotopic (exact) mass is 505 g/mol. The van der Waals surface area contributed by atoms with Gasteiger partial charge >= 0.3 is 12.1 Å². The third kappa shape index (κ3) is 9.17. The van der Waals surface area contributed by atoms with Crippen LogP contribution in [0, 0.1) is 12.8 Å². The molecule has 1 rings (SSSR count). The molecule has 3 atom stereocenters. The molecule has 0 heterocycles. The van der Waals surface area contributed by atoms with Crippen LogP contribution in [0.1, 0.15) is 79.0 Å². The van der Waals surface area contributed by atoms with Gasteiger partial charge < -0.3 is 25.0 Å². The van der Waals surface area contributed by atoms with Crippen LogP contribution in [0.2, 0.25) is 0 Å². The van der Waals surface area contributed by atoms with E-state index in [2.05, 4.69) is 15.4 Å². The highest BCUT2D eigenvalue weighted by Gasteiger charge is 2.43. The van der Waals surface area contributed by atoms with E-state index in [1.807, 2.05) is 59.7 Å². The number of nitrogens with one attached hydrogen (secondary N) is 2. The lowest BCUT2D eigenvalue weighted by Crippen LogP contribution is -2.60. The Morgan fingerprint density at radius 2 is 1.67 bits per heavy atom. The number of methoxy groups -OCH3 is 1. The number of hydrogen-bond acceptors (Lipinski definition) is 6. The van der Waals surface area contributed by atoms with E-state index in [9.17, 15) is 19.2 Å². The van der Waals surface area contributed by atoms with Crippen molar-refractivity contribution in [3.05, 3.63) is 35.4 Å². The lowest BCUT2D eigenvalue weighted by molar-refractivity contribution is -0.150. The first kappa shape index (κ1) is 30.9. The van der Waals surface area contributed by atoms with E-state index in [0.717, 1.165) is 5.56 Å². The second kappa shape index (κ2) is 12.7. The molecule has 0 spiro atoms. The SMILES string of the molecule is CCC(C)C(NC(=O)OC(C)(C)C)C(=O)N(C(C(=O)NCC(=O)OC)c1cccc(C)c1)C(C)(C)C. The predicted octanol–water partition coefficient (Wildman–Crippen LogP) is 3.89. The molecule has 9 nitrogen and oxygen atoms in total. The Bertz CT molecular complexity index is 932. The second-order valence-corrected chi connectivity index (χ2v) is 11.0. The average Bonchev–Trinajstić information content (AvgIpc) is 2.76. The van der Waals surface area contributed by atoms with Crippen molar-refractivity contribution < 1.29 is 28.7 Å². The Balaban J connectivity index is 3.58. The number of nitrogens with zero attached hydrogens (tertiary/aromatic N) is 1. The van der Waals surface area contributed by atoms with Crippen molar-refractivity contribution in [1.82, 2.24) is 15.5 Å². The molecule has 0 bridgehead atoms. The summed E-state index contributed by atoms with van der Waals surface area (Å²) in [6.07, 6.45) is -0.106. The van der Waals surface area contributed by atoms with Crippen molar-refractivity contribution in [3.63, 3.8) is 0 Å². The number of ether oxygens (including phenoxy) is 2. The number of aryl methyl sites for hydroxylation is 1. The zero-order valence-electron chi connectivity index (χ0n) is 23.4. The van der Waals surface area contributed by atoms with Crippen LogP contribution >= 0.6 is 0 Å². The highest BCUT2D eigenvalue weighted by Crippen LogP contribution is 2.31. The standard InChI is InChI=1S/C27H43N3O6/c1-11-18(3)21(29-25(34)36-27(7,8)9)24(33)30(26(4,5)6)22(19-14-12-13-17(2)15-19)23(32)28-16-20(31)35-10/h12-15,18,21-22H,11,16H2,1-10H3,(H,28,32)(H,29,34). The van der Waals surface area contributed by atoms with Crippen LogP contribution in [-0.4, -0.2) is 59.6 Å². The van der Waals surface area contributed by atoms with Crippen molar-refractivity contribution in [2.45, 2.75) is 92.0 Å². The van der Waals surface area contributed by atoms with Crippen LogP contribution in [0.4, 0.5) is 4.79 Å². The first-order valence-corrected chi connectivity index (χ1v) is 12.3. The molecule has 0 fully saturated rings. The van der Waals surface area contributed by atoms with E-state index in [4.69, 9.17) is 4.74 Å². The molecule has 9 heteroatoms. The number of rotatable bonds is 9. The van der Waals surface area contributed by atoms with Gasteiger partial charge in [0.2, 0.25) is 11.8 Å². The normalized spacial score (nSPS) is 14.2. The van der Waals surface area contributed by atoms with Gasteiger partial charge in [-0.25, -0.2) is 4.79 Å². The largest absolute Gasteiger partial charge is 0.468 e. The highest BCUT2D eigenvalue weighted by molar-refractivity contribution is 5.93. The molecular weight excluding hydrogens is 462 g/mol. The Morgan fingerprint density at radius 1 is 1.06 bits per heavy atom.